The number of hydrogen-bond donors (Lipinski definition) is 2. The van der Waals surface area contributed by atoms with Crippen LogP contribution in [-0.2, 0) is 4.79 Å². The van der Waals surface area contributed by atoms with Gasteiger partial charge in [-0.1, -0.05) is 11.6 Å². The molecule has 0 aromatic heterocycles. The number of carbonyl (C=O) groups excluding carboxylic acids is 1. The molecule has 1 aromatic rings. The zero-order chi connectivity index (χ0) is 15.0. The molecule has 1 unspecified atom stereocenters. The summed E-state index contributed by atoms with van der Waals surface area (Å²) in [5.74, 6) is -1.36. The monoisotopic (exact) mass is 358 g/mol. The fourth-order valence-corrected chi connectivity index (χ4v) is 1.84. The first-order chi connectivity index (χ1) is 8.46. The fraction of sp³-hybridized carbons (Fsp3) is 0.364. The van der Waals surface area contributed by atoms with Crippen LogP contribution in [0.2, 0.25) is 5.02 Å². The van der Waals surface area contributed by atoms with E-state index in [1.54, 1.807) is 13.0 Å². The summed E-state index contributed by atoms with van der Waals surface area (Å²) in [6.07, 6.45) is -4.85. The minimum absolute atomic E-state index is 0.126. The molecular formula is C11H11BrClF3N2O. The normalized spacial score (nSPS) is 14.9. The Morgan fingerprint density at radius 1 is 1.42 bits per heavy atom. The van der Waals surface area contributed by atoms with Gasteiger partial charge in [-0.15, -0.1) is 0 Å². The Balaban J connectivity index is 3.05. The molecule has 19 heavy (non-hydrogen) atoms. The van der Waals surface area contributed by atoms with Gasteiger partial charge in [0.05, 0.1) is 5.69 Å². The number of anilines is 1. The first-order valence-corrected chi connectivity index (χ1v) is 6.26. The van der Waals surface area contributed by atoms with Crippen LogP contribution in [-0.4, -0.2) is 17.6 Å². The van der Waals surface area contributed by atoms with Gasteiger partial charge >= 0.3 is 6.18 Å². The first-order valence-electron chi connectivity index (χ1n) is 5.09. The standard InChI is InChI=1S/C11H11BrClF3N2O/c1-5-3-6(12)8(4-7(5)13)18-9(19)10(2,17)11(14,15)16/h3-4H,17H2,1-2H3,(H,18,19). The molecule has 0 aliphatic carbocycles. The average Bonchev–Trinajstić information content (AvgIpc) is 2.24. The third-order valence-corrected chi connectivity index (χ3v) is 3.62. The highest BCUT2D eigenvalue weighted by atomic mass is 79.9. The van der Waals surface area contributed by atoms with Crippen LogP contribution in [0.1, 0.15) is 12.5 Å². The predicted molar refractivity (Wildman–Crippen MR) is 71.2 cm³/mol. The van der Waals surface area contributed by atoms with E-state index in [0.29, 0.717) is 16.4 Å². The van der Waals surface area contributed by atoms with Crippen molar-refractivity contribution < 1.29 is 18.0 Å². The van der Waals surface area contributed by atoms with Crippen LogP contribution in [0.4, 0.5) is 18.9 Å². The molecule has 0 aliphatic rings. The van der Waals surface area contributed by atoms with E-state index < -0.39 is 17.6 Å². The third-order valence-electron chi connectivity index (χ3n) is 2.56. The van der Waals surface area contributed by atoms with Crippen LogP contribution in [0.5, 0.6) is 0 Å². The van der Waals surface area contributed by atoms with Crippen LogP contribution in [0.25, 0.3) is 0 Å². The van der Waals surface area contributed by atoms with Crippen molar-refractivity contribution in [2.24, 2.45) is 5.73 Å². The second-order valence-electron chi connectivity index (χ2n) is 4.24. The summed E-state index contributed by atoms with van der Waals surface area (Å²) in [6.45, 7) is 2.33. The Hall–Kier alpha value is -0.790. The molecule has 0 fully saturated rings. The number of amides is 1. The second-order valence-corrected chi connectivity index (χ2v) is 5.50. The van der Waals surface area contributed by atoms with E-state index in [0.717, 1.165) is 5.56 Å². The molecule has 1 rings (SSSR count). The van der Waals surface area contributed by atoms with E-state index in [2.05, 4.69) is 21.2 Å². The van der Waals surface area contributed by atoms with Crippen LogP contribution in [0.15, 0.2) is 16.6 Å². The van der Waals surface area contributed by atoms with Gasteiger partial charge in [0.2, 0.25) is 0 Å². The molecular weight excluding hydrogens is 348 g/mol. The van der Waals surface area contributed by atoms with Gasteiger partial charge < -0.3 is 11.1 Å². The van der Waals surface area contributed by atoms with Crippen molar-refractivity contribution in [1.82, 2.24) is 0 Å². The highest BCUT2D eigenvalue weighted by molar-refractivity contribution is 9.10. The summed E-state index contributed by atoms with van der Waals surface area (Å²) in [6, 6.07) is 2.94. The van der Waals surface area contributed by atoms with Crippen LogP contribution in [0.3, 0.4) is 0 Å². The van der Waals surface area contributed by atoms with Crippen molar-refractivity contribution in [2.75, 3.05) is 5.32 Å². The minimum atomic E-state index is -4.85. The summed E-state index contributed by atoms with van der Waals surface area (Å²) in [5, 5.41) is 2.43. The minimum Gasteiger partial charge on any atom is -0.323 e. The van der Waals surface area contributed by atoms with Gasteiger partial charge in [-0.25, -0.2) is 0 Å². The molecule has 8 heteroatoms. The van der Waals surface area contributed by atoms with Gasteiger partial charge in [-0.3, -0.25) is 4.79 Å². The molecule has 0 aliphatic heterocycles. The van der Waals surface area contributed by atoms with Crippen molar-refractivity contribution in [3.05, 3.63) is 27.2 Å². The highest BCUT2D eigenvalue weighted by Gasteiger charge is 2.54. The summed E-state index contributed by atoms with van der Waals surface area (Å²) < 4.78 is 38.2. The molecule has 0 spiro atoms. The maximum absolute atomic E-state index is 12.6. The topological polar surface area (TPSA) is 55.1 Å². The first kappa shape index (κ1) is 16.3. The van der Waals surface area contributed by atoms with Gasteiger partial charge in [0.1, 0.15) is 0 Å². The Labute approximate surface area is 121 Å². The van der Waals surface area contributed by atoms with Crippen LogP contribution < -0.4 is 11.1 Å². The number of benzene rings is 1. The number of alkyl halides is 3. The Morgan fingerprint density at radius 3 is 2.42 bits per heavy atom. The van der Waals surface area contributed by atoms with Crippen molar-refractivity contribution in [1.29, 1.82) is 0 Å². The zero-order valence-corrected chi connectivity index (χ0v) is 12.4. The second kappa shape index (κ2) is 5.30. The quantitative estimate of drug-likeness (QED) is 0.847. The molecule has 0 saturated heterocycles. The van der Waals surface area contributed by atoms with E-state index in [1.807, 2.05) is 0 Å². The molecule has 3 nitrogen and oxygen atoms in total. The molecule has 0 radical (unpaired) electrons. The number of nitrogens with one attached hydrogen (secondary N) is 1. The lowest BCUT2D eigenvalue weighted by Gasteiger charge is -2.26. The SMILES string of the molecule is Cc1cc(Br)c(NC(=O)C(C)(N)C(F)(F)F)cc1Cl. The van der Waals surface area contributed by atoms with Crippen LogP contribution >= 0.6 is 27.5 Å². The summed E-state index contributed by atoms with van der Waals surface area (Å²) in [4.78, 5) is 11.6. The number of aryl methyl sites for hydroxylation is 1. The maximum Gasteiger partial charge on any atom is 0.415 e. The van der Waals surface area contributed by atoms with E-state index in [1.165, 1.54) is 6.07 Å². The molecule has 1 aromatic carbocycles. The average molecular weight is 360 g/mol. The number of hydrogen-bond acceptors (Lipinski definition) is 2. The van der Waals surface area contributed by atoms with E-state index in [4.69, 9.17) is 17.3 Å². The van der Waals surface area contributed by atoms with Crippen molar-refractivity contribution in [2.45, 2.75) is 25.6 Å². The molecule has 1 amide bonds. The van der Waals surface area contributed by atoms with E-state index >= 15 is 0 Å². The zero-order valence-electron chi connectivity index (χ0n) is 10.0. The van der Waals surface area contributed by atoms with Gasteiger partial charge in [-0.2, -0.15) is 13.2 Å². The lowest BCUT2D eigenvalue weighted by atomic mass is 10.0. The van der Waals surface area contributed by atoms with Gasteiger partial charge in [-0.05, 0) is 47.5 Å². The lowest BCUT2D eigenvalue weighted by Crippen LogP contribution is -2.59. The maximum atomic E-state index is 12.6. The third kappa shape index (κ3) is 3.40. The van der Waals surface area contributed by atoms with Gasteiger partial charge in [0, 0.05) is 9.50 Å². The molecule has 0 bridgehead atoms. The summed E-state index contributed by atoms with van der Waals surface area (Å²) >= 11 is 8.98. The summed E-state index contributed by atoms with van der Waals surface area (Å²) in [5.41, 5.74) is 2.88. The Kier molecular flexibility index (Phi) is 4.54. The van der Waals surface area contributed by atoms with Crippen molar-refractivity contribution in [3.8, 4) is 0 Å². The molecule has 0 heterocycles. The Morgan fingerprint density at radius 2 is 1.95 bits per heavy atom. The smallest absolute Gasteiger partial charge is 0.323 e. The van der Waals surface area contributed by atoms with Crippen molar-refractivity contribution in [3.63, 3.8) is 0 Å². The fourth-order valence-electron chi connectivity index (χ4n) is 1.12. The lowest BCUT2D eigenvalue weighted by molar-refractivity contribution is -0.184. The molecule has 106 valence electrons. The number of rotatable bonds is 2. The van der Waals surface area contributed by atoms with Gasteiger partial charge in [0.15, 0.2) is 5.54 Å². The molecule has 1 atom stereocenters. The predicted octanol–water partition coefficient (Wildman–Crippen LogP) is 3.63. The van der Waals surface area contributed by atoms with Crippen molar-refractivity contribution >= 4 is 39.1 Å². The number of halogens is 5. The number of nitrogens with two attached hydrogens (primary N) is 1. The Bertz CT molecular complexity index is 517. The molecule has 0 saturated carbocycles. The molecule has 3 N–H and O–H groups in total. The largest absolute Gasteiger partial charge is 0.415 e. The van der Waals surface area contributed by atoms with Crippen LogP contribution in [0, 0.1) is 6.92 Å². The van der Waals surface area contributed by atoms with Gasteiger partial charge in [0.25, 0.3) is 5.91 Å². The van der Waals surface area contributed by atoms with E-state index in [9.17, 15) is 18.0 Å². The summed E-state index contributed by atoms with van der Waals surface area (Å²) in [7, 11) is 0. The van der Waals surface area contributed by atoms with E-state index in [-0.39, 0.29) is 5.69 Å². The number of carbonyl (C=O) groups is 1. The highest BCUT2D eigenvalue weighted by Crippen LogP contribution is 2.32.